The molecule has 3 fully saturated rings. The van der Waals surface area contributed by atoms with Crippen molar-refractivity contribution in [2.45, 2.75) is 25.7 Å². The second kappa shape index (κ2) is 8.20. The van der Waals surface area contributed by atoms with Gasteiger partial charge in [0.1, 0.15) is 0 Å². The molecule has 1 aliphatic carbocycles. The summed E-state index contributed by atoms with van der Waals surface area (Å²) >= 11 is 0. The molecule has 2 aliphatic heterocycles. The van der Waals surface area contributed by atoms with E-state index in [1.807, 2.05) is 18.2 Å². The summed E-state index contributed by atoms with van der Waals surface area (Å²) in [6.07, 6.45) is 6.92. The number of carbonyl (C=O) groups is 1. The van der Waals surface area contributed by atoms with Crippen molar-refractivity contribution in [1.82, 2.24) is 9.21 Å². The van der Waals surface area contributed by atoms with Crippen LogP contribution in [0.3, 0.4) is 0 Å². The topological polar surface area (TPSA) is 77.9 Å². The molecule has 0 aromatic heterocycles. The third kappa shape index (κ3) is 4.90. The number of hydrogen-bond acceptors (Lipinski definition) is 4. The Hall–Kier alpha value is -1.70. The first kappa shape index (κ1) is 20.6. The van der Waals surface area contributed by atoms with E-state index >= 15 is 0 Å². The number of benzene rings is 1. The fourth-order valence-corrected chi connectivity index (χ4v) is 6.90. The van der Waals surface area contributed by atoms with Crippen molar-refractivity contribution in [2.24, 2.45) is 17.3 Å². The summed E-state index contributed by atoms with van der Waals surface area (Å²) < 4.78 is 27.2. The SMILES string of the molecule is O=C(O)CC[C@]12CN(CC=Cc3ccccc3)C[C@H]1CN(S(=O)(=O)CC1CC1)C2. The highest BCUT2D eigenvalue weighted by atomic mass is 32.2. The predicted molar refractivity (Wildman–Crippen MR) is 113 cm³/mol. The smallest absolute Gasteiger partial charge is 0.303 e. The maximum atomic E-state index is 12.8. The molecular formula is C22H30N2O4S. The third-order valence-corrected chi connectivity index (χ3v) is 8.60. The fourth-order valence-electron chi connectivity index (χ4n) is 4.90. The molecule has 1 N–H and O–H groups in total. The zero-order valence-electron chi connectivity index (χ0n) is 16.7. The molecule has 0 amide bonds. The fraction of sp³-hybridized carbons (Fsp3) is 0.591. The van der Waals surface area contributed by atoms with E-state index in [1.165, 1.54) is 0 Å². The Morgan fingerprint density at radius 1 is 1.17 bits per heavy atom. The lowest BCUT2D eigenvalue weighted by molar-refractivity contribution is -0.137. The van der Waals surface area contributed by atoms with E-state index in [9.17, 15) is 18.3 Å². The van der Waals surface area contributed by atoms with Crippen LogP contribution in [0.2, 0.25) is 0 Å². The quantitative estimate of drug-likeness (QED) is 0.667. The Morgan fingerprint density at radius 3 is 2.62 bits per heavy atom. The Kier molecular flexibility index (Phi) is 5.82. The van der Waals surface area contributed by atoms with E-state index in [2.05, 4.69) is 29.2 Å². The van der Waals surface area contributed by atoms with Gasteiger partial charge in [0, 0.05) is 44.6 Å². The van der Waals surface area contributed by atoms with Crippen molar-refractivity contribution in [3.63, 3.8) is 0 Å². The van der Waals surface area contributed by atoms with Gasteiger partial charge in [-0.25, -0.2) is 12.7 Å². The van der Waals surface area contributed by atoms with E-state index in [-0.39, 0.29) is 23.5 Å². The number of sulfonamides is 1. The molecule has 1 aromatic rings. The van der Waals surface area contributed by atoms with Crippen molar-refractivity contribution < 1.29 is 18.3 Å². The maximum Gasteiger partial charge on any atom is 0.303 e. The minimum atomic E-state index is -3.23. The highest BCUT2D eigenvalue weighted by Gasteiger charge is 2.54. The summed E-state index contributed by atoms with van der Waals surface area (Å²) in [7, 11) is -3.23. The molecule has 0 spiro atoms. The van der Waals surface area contributed by atoms with Crippen LogP contribution in [0.4, 0.5) is 0 Å². The molecule has 0 bridgehead atoms. The molecule has 2 heterocycles. The molecule has 1 saturated carbocycles. The maximum absolute atomic E-state index is 12.8. The summed E-state index contributed by atoms with van der Waals surface area (Å²) in [5, 5.41) is 9.22. The number of nitrogens with zero attached hydrogens (tertiary/aromatic N) is 2. The molecule has 158 valence electrons. The van der Waals surface area contributed by atoms with Gasteiger partial charge in [0.05, 0.1) is 5.75 Å². The summed E-state index contributed by atoms with van der Waals surface area (Å²) in [5.41, 5.74) is 0.917. The van der Waals surface area contributed by atoms with E-state index < -0.39 is 16.0 Å². The van der Waals surface area contributed by atoms with E-state index in [1.54, 1.807) is 4.31 Å². The highest BCUT2D eigenvalue weighted by Crippen LogP contribution is 2.47. The molecule has 7 heteroatoms. The molecule has 3 aliphatic rings. The first-order valence-corrected chi connectivity index (χ1v) is 12.1. The molecular weight excluding hydrogens is 388 g/mol. The van der Waals surface area contributed by atoms with Crippen LogP contribution < -0.4 is 0 Å². The van der Waals surface area contributed by atoms with Crippen LogP contribution in [0.1, 0.15) is 31.2 Å². The normalized spacial score (nSPS) is 28.2. The predicted octanol–water partition coefficient (Wildman–Crippen LogP) is 2.54. The van der Waals surface area contributed by atoms with Gasteiger partial charge in [0.25, 0.3) is 0 Å². The standard InChI is InChI=1S/C22H30N2O4S/c25-21(26)10-11-22-16-23(12-4-7-18-5-2-1-3-6-18)13-20(22)14-24(17-22)29(27,28)15-19-8-9-19/h1-7,19-20H,8-17H2,(H,25,26)/t20-,22+/m0/s1. The lowest BCUT2D eigenvalue weighted by atomic mass is 9.77. The zero-order chi connectivity index (χ0) is 20.5. The number of rotatable bonds is 9. The molecule has 4 rings (SSSR count). The van der Waals surface area contributed by atoms with Gasteiger partial charge >= 0.3 is 5.97 Å². The molecule has 0 unspecified atom stereocenters. The molecule has 29 heavy (non-hydrogen) atoms. The molecule has 0 radical (unpaired) electrons. The average molecular weight is 419 g/mol. The van der Waals surface area contributed by atoms with Crippen LogP contribution in [0.15, 0.2) is 36.4 Å². The Balaban J connectivity index is 1.42. The lowest BCUT2D eigenvalue weighted by Crippen LogP contribution is -2.38. The van der Waals surface area contributed by atoms with Gasteiger partial charge in [0.2, 0.25) is 10.0 Å². The Labute approximate surface area is 173 Å². The van der Waals surface area contributed by atoms with Gasteiger partial charge in [-0.1, -0.05) is 42.5 Å². The first-order valence-electron chi connectivity index (χ1n) is 10.5. The third-order valence-electron chi connectivity index (χ3n) is 6.65. The summed E-state index contributed by atoms with van der Waals surface area (Å²) in [6.45, 7) is 3.40. The van der Waals surface area contributed by atoms with Crippen LogP contribution in [0, 0.1) is 17.3 Å². The summed E-state index contributed by atoms with van der Waals surface area (Å²) in [5.74, 6) is -0.00560. The molecule has 2 saturated heterocycles. The first-order chi connectivity index (χ1) is 13.9. The van der Waals surface area contributed by atoms with Gasteiger partial charge in [-0.3, -0.25) is 9.69 Å². The number of carboxylic acid groups (broad SMARTS) is 1. The minimum Gasteiger partial charge on any atom is -0.481 e. The van der Waals surface area contributed by atoms with Crippen LogP contribution >= 0.6 is 0 Å². The van der Waals surface area contributed by atoms with Gasteiger partial charge in [-0.2, -0.15) is 0 Å². The Morgan fingerprint density at radius 2 is 1.93 bits per heavy atom. The van der Waals surface area contributed by atoms with Crippen LogP contribution in [-0.4, -0.2) is 67.2 Å². The number of hydrogen-bond donors (Lipinski definition) is 1. The van der Waals surface area contributed by atoms with Crippen LogP contribution in [-0.2, 0) is 14.8 Å². The van der Waals surface area contributed by atoms with Crippen molar-refractivity contribution >= 4 is 22.1 Å². The molecule has 2 atom stereocenters. The van der Waals surface area contributed by atoms with Crippen molar-refractivity contribution in [3.8, 4) is 0 Å². The van der Waals surface area contributed by atoms with Crippen LogP contribution in [0.25, 0.3) is 6.08 Å². The van der Waals surface area contributed by atoms with E-state index in [0.29, 0.717) is 25.4 Å². The molecule has 1 aromatic carbocycles. The second-order valence-electron chi connectivity index (χ2n) is 8.97. The number of carboxylic acids is 1. The average Bonchev–Trinajstić information content (AvgIpc) is 3.30. The summed E-state index contributed by atoms with van der Waals surface area (Å²) in [6, 6.07) is 10.1. The van der Waals surface area contributed by atoms with Crippen molar-refractivity contribution in [2.75, 3.05) is 38.5 Å². The minimum absolute atomic E-state index is 0.0979. The van der Waals surface area contributed by atoms with Crippen LogP contribution in [0.5, 0.6) is 0 Å². The monoisotopic (exact) mass is 418 g/mol. The largest absolute Gasteiger partial charge is 0.481 e. The van der Waals surface area contributed by atoms with E-state index in [0.717, 1.165) is 38.0 Å². The highest BCUT2D eigenvalue weighted by molar-refractivity contribution is 7.89. The van der Waals surface area contributed by atoms with Gasteiger partial charge in [0.15, 0.2) is 0 Å². The molecule has 6 nitrogen and oxygen atoms in total. The van der Waals surface area contributed by atoms with Gasteiger partial charge in [-0.05, 0) is 36.7 Å². The van der Waals surface area contributed by atoms with Crippen molar-refractivity contribution in [3.05, 3.63) is 42.0 Å². The van der Waals surface area contributed by atoms with Gasteiger partial charge < -0.3 is 5.11 Å². The zero-order valence-corrected chi connectivity index (χ0v) is 17.6. The summed E-state index contributed by atoms with van der Waals surface area (Å²) in [4.78, 5) is 13.6. The second-order valence-corrected chi connectivity index (χ2v) is 11.0. The number of likely N-dealkylation sites (tertiary alicyclic amines) is 1. The number of aliphatic carboxylic acids is 1. The lowest BCUT2D eigenvalue weighted by Gasteiger charge is -2.29. The van der Waals surface area contributed by atoms with Gasteiger partial charge in [-0.15, -0.1) is 0 Å². The number of fused-ring (bicyclic) bond motifs is 1. The van der Waals surface area contributed by atoms with E-state index in [4.69, 9.17) is 0 Å². The Bertz CT molecular complexity index is 866. The van der Waals surface area contributed by atoms with Crippen molar-refractivity contribution in [1.29, 1.82) is 0 Å².